The van der Waals surface area contributed by atoms with Crippen molar-refractivity contribution >= 4 is 11.8 Å². The second kappa shape index (κ2) is 4.65. The van der Waals surface area contributed by atoms with Crippen molar-refractivity contribution in [3.63, 3.8) is 0 Å². The lowest BCUT2D eigenvalue weighted by Crippen LogP contribution is -2.07. The summed E-state index contributed by atoms with van der Waals surface area (Å²) in [6.07, 6.45) is 2.82. The highest BCUT2D eigenvalue weighted by Crippen LogP contribution is 2.33. The Morgan fingerprint density at radius 1 is 1.16 bits per heavy atom. The van der Waals surface area contributed by atoms with E-state index in [0.717, 1.165) is 5.56 Å². The topological polar surface area (TPSA) is 56.3 Å². The molecule has 0 bridgehead atoms. The number of ketones is 1. The Hall–Kier alpha value is -2.49. The highest BCUT2D eigenvalue weighted by atomic mass is 16.5. The highest BCUT2D eigenvalue weighted by Gasteiger charge is 2.32. The van der Waals surface area contributed by atoms with Crippen LogP contribution < -0.4 is 0 Å². The second-order valence-electron chi connectivity index (χ2n) is 4.34. The number of Topliss-reactive ketones (excluding diaryl/α,β-unsaturated/α-hetero) is 1. The van der Waals surface area contributed by atoms with Gasteiger partial charge >= 0.3 is 5.97 Å². The number of cyclic esters (lactones) is 1. The third-order valence-electron chi connectivity index (χ3n) is 3.15. The van der Waals surface area contributed by atoms with Crippen molar-refractivity contribution in [2.24, 2.45) is 0 Å². The molecule has 19 heavy (non-hydrogen) atoms. The Bertz CT molecular complexity index is 637. The normalized spacial score (nSPS) is 16.8. The number of aromatic nitrogens is 1. The van der Waals surface area contributed by atoms with Gasteiger partial charge in [-0.25, -0.2) is 4.79 Å². The summed E-state index contributed by atoms with van der Waals surface area (Å²) < 4.78 is 5.25. The number of carbonyl (C=O) groups is 2. The van der Waals surface area contributed by atoms with E-state index < -0.39 is 6.10 Å². The van der Waals surface area contributed by atoms with Crippen LogP contribution in [0.2, 0.25) is 0 Å². The number of hydrogen-bond donors (Lipinski definition) is 0. The first kappa shape index (κ1) is 11.6. The number of ether oxygens (including phenoxy) is 1. The van der Waals surface area contributed by atoms with E-state index in [0.29, 0.717) is 11.1 Å². The average Bonchev–Trinajstić information content (AvgIpc) is 2.77. The molecule has 0 fully saturated rings. The second-order valence-corrected chi connectivity index (χ2v) is 4.34. The van der Waals surface area contributed by atoms with Gasteiger partial charge in [0.05, 0.1) is 12.0 Å². The largest absolute Gasteiger partial charge is 0.453 e. The first-order chi connectivity index (χ1) is 9.25. The van der Waals surface area contributed by atoms with Crippen LogP contribution in [0.15, 0.2) is 48.8 Å². The molecule has 0 saturated heterocycles. The third-order valence-corrected chi connectivity index (χ3v) is 3.15. The van der Waals surface area contributed by atoms with E-state index in [4.69, 9.17) is 4.74 Å². The maximum Gasteiger partial charge on any atom is 0.339 e. The highest BCUT2D eigenvalue weighted by molar-refractivity contribution is 5.98. The lowest BCUT2D eigenvalue weighted by molar-refractivity contribution is 0.0367. The van der Waals surface area contributed by atoms with Crippen molar-refractivity contribution in [3.8, 4) is 0 Å². The standard InChI is InChI=1S/C15H11NO3/c17-13(10-5-7-16-8-6-10)9-14-11-3-1-2-4-12(11)15(18)19-14/h1-8,14H,9H2/t14-/m1/s1. The van der Waals surface area contributed by atoms with E-state index in [1.807, 2.05) is 12.1 Å². The van der Waals surface area contributed by atoms with Gasteiger partial charge in [0.1, 0.15) is 6.10 Å². The Kier molecular flexibility index (Phi) is 2.83. The molecule has 0 amide bonds. The molecule has 1 atom stereocenters. The van der Waals surface area contributed by atoms with Gasteiger partial charge in [0.2, 0.25) is 0 Å². The smallest absolute Gasteiger partial charge is 0.339 e. The van der Waals surface area contributed by atoms with Crippen LogP contribution >= 0.6 is 0 Å². The van der Waals surface area contributed by atoms with Crippen molar-refractivity contribution in [1.29, 1.82) is 0 Å². The number of fused-ring (bicyclic) bond motifs is 1. The van der Waals surface area contributed by atoms with Crippen LogP contribution in [0.5, 0.6) is 0 Å². The minimum Gasteiger partial charge on any atom is -0.453 e. The van der Waals surface area contributed by atoms with E-state index >= 15 is 0 Å². The van der Waals surface area contributed by atoms with E-state index in [-0.39, 0.29) is 18.2 Å². The molecule has 1 aromatic heterocycles. The van der Waals surface area contributed by atoms with Crippen molar-refractivity contribution in [1.82, 2.24) is 4.98 Å². The van der Waals surface area contributed by atoms with E-state index in [1.54, 1.807) is 36.7 Å². The number of hydrogen-bond acceptors (Lipinski definition) is 4. The molecule has 94 valence electrons. The van der Waals surface area contributed by atoms with Gasteiger partial charge in [-0.15, -0.1) is 0 Å². The zero-order chi connectivity index (χ0) is 13.2. The number of benzene rings is 1. The van der Waals surface area contributed by atoms with Gasteiger partial charge in [-0.1, -0.05) is 18.2 Å². The zero-order valence-electron chi connectivity index (χ0n) is 10.1. The molecule has 0 spiro atoms. The molecule has 1 aliphatic rings. The van der Waals surface area contributed by atoms with Gasteiger partial charge in [0.25, 0.3) is 0 Å². The van der Waals surface area contributed by atoms with Gasteiger partial charge in [0, 0.05) is 23.5 Å². The quantitative estimate of drug-likeness (QED) is 0.623. The van der Waals surface area contributed by atoms with Crippen LogP contribution in [0.4, 0.5) is 0 Å². The van der Waals surface area contributed by atoms with Crippen molar-refractivity contribution < 1.29 is 14.3 Å². The fourth-order valence-electron chi connectivity index (χ4n) is 2.20. The van der Waals surface area contributed by atoms with Crippen molar-refractivity contribution in [2.75, 3.05) is 0 Å². The van der Waals surface area contributed by atoms with Crippen LogP contribution in [-0.4, -0.2) is 16.7 Å². The first-order valence-electron chi connectivity index (χ1n) is 5.99. The predicted octanol–water partition coefficient (Wildman–Crippen LogP) is 2.57. The molecule has 4 nitrogen and oxygen atoms in total. The number of rotatable bonds is 3. The molecule has 0 aliphatic carbocycles. The lowest BCUT2D eigenvalue weighted by atomic mass is 9.99. The van der Waals surface area contributed by atoms with Crippen LogP contribution in [0.1, 0.15) is 38.8 Å². The molecule has 1 aromatic carbocycles. The summed E-state index contributed by atoms with van der Waals surface area (Å²) in [6.45, 7) is 0. The molecule has 2 aromatic rings. The number of pyridine rings is 1. The number of nitrogens with zero attached hydrogens (tertiary/aromatic N) is 1. The number of carbonyl (C=O) groups excluding carboxylic acids is 2. The van der Waals surface area contributed by atoms with Crippen LogP contribution in [0, 0.1) is 0 Å². The summed E-state index contributed by atoms with van der Waals surface area (Å²) in [7, 11) is 0. The van der Waals surface area contributed by atoms with Gasteiger partial charge in [-0.2, -0.15) is 0 Å². The van der Waals surface area contributed by atoms with Gasteiger partial charge in [-0.05, 0) is 18.2 Å². The molecule has 2 heterocycles. The monoisotopic (exact) mass is 253 g/mol. The summed E-state index contributed by atoms with van der Waals surface area (Å²) in [5.74, 6) is -0.417. The first-order valence-corrected chi connectivity index (χ1v) is 5.99. The molecular formula is C15H11NO3. The molecule has 0 unspecified atom stereocenters. The fraction of sp³-hybridized carbons (Fsp3) is 0.133. The fourth-order valence-corrected chi connectivity index (χ4v) is 2.20. The van der Waals surface area contributed by atoms with E-state index in [1.165, 1.54) is 0 Å². The van der Waals surface area contributed by atoms with Gasteiger partial charge < -0.3 is 4.74 Å². The van der Waals surface area contributed by atoms with Gasteiger partial charge in [-0.3, -0.25) is 9.78 Å². The Balaban J connectivity index is 1.83. The minimum atomic E-state index is -0.482. The summed E-state index contributed by atoms with van der Waals surface area (Å²) >= 11 is 0. The molecule has 3 rings (SSSR count). The Morgan fingerprint density at radius 2 is 1.89 bits per heavy atom. The lowest BCUT2D eigenvalue weighted by Gasteiger charge is -2.09. The average molecular weight is 253 g/mol. The maximum atomic E-state index is 12.1. The van der Waals surface area contributed by atoms with Crippen molar-refractivity contribution in [2.45, 2.75) is 12.5 Å². The van der Waals surface area contributed by atoms with Crippen LogP contribution in [-0.2, 0) is 4.74 Å². The Morgan fingerprint density at radius 3 is 2.68 bits per heavy atom. The van der Waals surface area contributed by atoms with Gasteiger partial charge in [0.15, 0.2) is 5.78 Å². The van der Waals surface area contributed by atoms with Crippen LogP contribution in [0.3, 0.4) is 0 Å². The third kappa shape index (κ3) is 2.12. The molecule has 1 aliphatic heterocycles. The molecule has 0 saturated carbocycles. The summed E-state index contributed by atoms with van der Waals surface area (Å²) in [4.78, 5) is 27.6. The van der Waals surface area contributed by atoms with E-state index in [9.17, 15) is 9.59 Å². The molecule has 0 N–H and O–H groups in total. The van der Waals surface area contributed by atoms with E-state index in [2.05, 4.69) is 4.98 Å². The SMILES string of the molecule is O=C(C[C@H]1OC(=O)c2ccccc21)c1ccncc1. The summed E-state index contributed by atoms with van der Waals surface area (Å²) in [5.41, 5.74) is 1.92. The molecule has 0 radical (unpaired) electrons. The maximum absolute atomic E-state index is 12.1. The summed E-state index contributed by atoms with van der Waals surface area (Å²) in [5, 5.41) is 0. The molecular weight excluding hydrogens is 242 g/mol. The summed E-state index contributed by atoms with van der Waals surface area (Å²) in [6, 6.07) is 10.5. The number of esters is 1. The minimum absolute atomic E-state index is 0.0584. The van der Waals surface area contributed by atoms with Crippen molar-refractivity contribution in [3.05, 3.63) is 65.5 Å². The zero-order valence-corrected chi connectivity index (χ0v) is 10.1. The molecule has 4 heteroatoms. The predicted molar refractivity (Wildman–Crippen MR) is 67.8 cm³/mol. The van der Waals surface area contributed by atoms with Crippen LogP contribution in [0.25, 0.3) is 0 Å². The Labute approximate surface area is 110 Å².